The van der Waals surface area contributed by atoms with Crippen LogP contribution >= 0.6 is 11.6 Å². The van der Waals surface area contributed by atoms with Crippen LogP contribution in [0.15, 0.2) is 12.7 Å². The van der Waals surface area contributed by atoms with Gasteiger partial charge in [-0.25, -0.2) is 0 Å². The lowest BCUT2D eigenvalue weighted by molar-refractivity contribution is -0.0436. The lowest BCUT2D eigenvalue weighted by Crippen LogP contribution is -2.26. The quantitative estimate of drug-likeness (QED) is 0.506. The summed E-state index contributed by atoms with van der Waals surface area (Å²) in [5.41, 5.74) is 0. The smallest absolute Gasteiger partial charge is 0.347 e. The molecule has 0 amide bonds. The predicted octanol–water partition coefficient (Wildman–Crippen LogP) is 2.15. The number of alkyl halides is 3. The molecule has 0 spiro atoms. The summed E-state index contributed by atoms with van der Waals surface area (Å²) in [4.78, 5) is 0. The average Bonchev–Trinajstić information content (AvgIpc) is 1.80. The van der Waals surface area contributed by atoms with Gasteiger partial charge in [0.05, 0.1) is 0 Å². The molecular formula is C6H9ClF2O. The minimum atomic E-state index is -3.51. The Labute approximate surface area is 63.3 Å². The van der Waals surface area contributed by atoms with Crippen LogP contribution in [0.3, 0.4) is 0 Å². The van der Waals surface area contributed by atoms with E-state index in [9.17, 15) is 8.78 Å². The van der Waals surface area contributed by atoms with E-state index in [-0.39, 0.29) is 6.42 Å². The fourth-order valence-electron chi connectivity index (χ4n) is 0.439. The molecule has 0 aromatic heterocycles. The largest absolute Gasteiger partial charge is 0.385 e. The van der Waals surface area contributed by atoms with E-state index in [0.717, 1.165) is 0 Å². The summed E-state index contributed by atoms with van der Waals surface area (Å²) >= 11 is 4.50. The summed E-state index contributed by atoms with van der Waals surface area (Å²) in [7, 11) is 0. The number of halogens is 3. The third kappa shape index (κ3) is 3.80. The zero-order valence-corrected chi connectivity index (χ0v) is 6.11. The van der Waals surface area contributed by atoms with E-state index in [1.54, 1.807) is 0 Å². The molecule has 0 aromatic carbocycles. The normalized spacial score (nSPS) is 14.8. The molecule has 0 aromatic rings. The highest BCUT2D eigenvalue weighted by molar-refractivity contribution is 6.22. The second-order valence-corrected chi connectivity index (χ2v) is 2.43. The molecule has 0 bridgehead atoms. The van der Waals surface area contributed by atoms with Gasteiger partial charge in [0.2, 0.25) is 0 Å². The molecule has 0 aliphatic carbocycles. The Balaban J connectivity index is 3.61. The van der Waals surface area contributed by atoms with Gasteiger partial charge in [-0.15, -0.1) is 6.58 Å². The summed E-state index contributed by atoms with van der Waals surface area (Å²) in [6.45, 7) is 3.32. The lowest BCUT2D eigenvalue weighted by atomic mass is 10.2. The molecule has 0 saturated carbocycles. The summed E-state index contributed by atoms with van der Waals surface area (Å²) in [6, 6.07) is 0. The monoisotopic (exact) mass is 170 g/mol. The molecular weight excluding hydrogens is 162 g/mol. The molecule has 0 saturated heterocycles. The van der Waals surface area contributed by atoms with Gasteiger partial charge in [0.15, 0.2) is 0 Å². The highest BCUT2D eigenvalue weighted by atomic mass is 35.5. The fourth-order valence-corrected chi connectivity index (χ4v) is 0.548. The standard InChI is InChI=1S/C6H9ClF2O/c1-2-3-4-5(10)6(7,8)9/h2,5,10H,1,3-4H2. The van der Waals surface area contributed by atoms with Crippen LogP contribution in [0.2, 0.25) is 0 Å². The SMILES string of the molecule is C=CCCC(O)C(F)(F)Cl. The zero-order valence-electron chi connectivity index (χ0n) is 5.36. The van der Waals surface area contributed by atoms with E-state index < -0.39 is 11.5 Å². The topological polar surface area (TPSA) is 20.2 Å². The number of hydrogen-bond donors (Lipinski definition) is 1. The third-order valence-electron chi connectivity index (χ3n) is 1.02. The fraction of sp³-hybridized carbons (Fsp3) is 0.667. The van der Waals surface area contributed by atoms with Gasteiger partial charge in [0, 0.05) is 0 Å². The first kappa shape index (κ1) is 9.85. The van der Waals surface area contributed by atoms with Crippen LogP contribution in [0.1, 0.15) is 12.8 Å². The zero-order chi connectivity index (χ0) is 8.20. The molecule has 0 aliphatic heterocycles. The molecule has 1 unspecified atom stereocenters. The highest BCUT2D eigenvalue weighted by Gasteiger charge is 2.34. The molecule has 4 heteroatoms. The van der Waals surface area contributed by atoms with Crippen LogP contribution in [0.25, 0.3) is 0 Å². The Morgan fingerprint density at radius 1 is 1.70 bits per heavy atom. The lowest BCUT2D eigenvalue weighted by Gasteiger charge is -2.14. The van der Waals surface area contributed by atoms with Gasteiger partial charge in [-0.1, -0.05) is 6.08 Å². The summed E-state index contributed by atoms with van der Waals surface area (Å²) in [5, 5.41) is 5.08. The molecule has 0 heterocycles. The summed E-state index contributed by atoms with van der Waals surface area (Å²) in [6.07, 6.45) is -0.0397. The van der Waals surface area contributed by atoms with Crippen LogP contribution in [-0.4, -0.2) is 16.6 Å². The maximum Gasteiger partial charge on any atom is 0.347 e. The van der Waals surface area contributed by atoms with E-state index in [1.165, 1.54) is 6.08 Å². The van der Waals surface area contributed by atoms with Crippen LogP contribution in [-0.2, 0) is 0 Å². The second-order valence-electron chi connectivity index (χ2n) is 1.92. The van der Waals surface area contributed by atoms with Gasteiger partial charge >= 0.3 is 5.38 Å². The van der Waals surface area contributed by atoms with Crippen molar-refractivity contribution in [3.8, 4) is 0 Å². The molecule has 60 valence electrons. The predicted molar refractivity (Wildman–Crippen MR) is 36.2 cm³/mol. The van der Waals surface area contributed by atoms with Crippen molar-refractivity contribution < 1.29 is 13.9 Å². The molecule has 0 fully saturated rings. The van der Waals surface area contributed by atoms with E-state index in [0.29, 0.717) is 6.42 Å². The first-order valence-electron chi connectivity index (χ1n) is 2.84. The van der Waals surface area contributed by atoms with Gasteiger partial charge in [-0.2, -0.15) is 8.78 Å². The van der Waals surface area contributed by atoms with Crippen LogP contribution < -0.4 is 0 Å². The molecule has 0 rings (SSSR count). The Kier molecular flexibility index (Phi) is 3.83. The molecule has 0 aliphatic rings. The van der Waals surface area contributed by atoms with E-state index in [4.69, 9.17) is 5.11 Å². The summed E-state index contributed by atoms with van der Waals surface area (Å²) < 4.78 is 23.8. The van der Waals surface area contributed by atoms with Crippen molar-refractivity contribution in [1.29, 1.82) is 0 Å². The number of rotatable bonds is 4. The Hall–Kier alpha value is -0.150. The average molecular weight is 171 g/mol. The van der Waals surface area contributed by atoms with Gasteiger partial charge in [-0.3, -0.25) is 0 Å². The van der Waals surface area contributed by atoms with Crippen molar-refractivity contribution in [2.45, 2.75) is 24.3 Å². The van der Waals surface area contributed by atoms with Crippen molar-refractivity contribution in [1.82, 2.24) is 0 Å². The molecule has 1 nitrogen and oxygen atoms in total. The van der Waals surface area contributed by atoms with E-state index >= 15 is 0 Å². The summed E-state index contributed by atoms with van der Waals surface area (Å²) in [5.74, 6) is 0. The Morgan fingerprint density at radius 3 is 2.50 bits per heavy atom. The first-order valence-corrected chi connectivity index (χ1v) is 3.22. The maximum absolute atomic E-state index is 11.9. The minimum absolute atomic E-state index is 0.0556. The van der Waals surface area contributed by atoms with E-state index in [2.05, 4.69) is 18.2 Å². The van der Waals surface area contributed by atoms with Gasteiger partial charge in [0.25, 0.3) is 0 Å². The van der Waals surface area contributed by atoms with Crippen molar-refractivity contribution >= 4 is 11.6 Å². The number of aliphatic hydroxyl groups is 1. The van der Waals surface area contributed by atoms with Gasteiger partial charge in [0.1, 0.15) is 6.10 Å². The third-order valence-corrected chi connectivity index (χ3v) is 1.27. The highest BCUT2D eigenvalue weighted by Crippen LogP contribution is 2.26. The molecule has 10 heavy (non-hydrogen) atoms. The maximum atomic E-state index is 11.9. The molecule has 1 atom stereocenters. The van der Waals surface area contributed by atoms with Crippen LogP contribution in [0, 0.1) is 0 Å². The van der Waals surface area contributed by atoms with Crippen molar-refractivity contribution in [2.24, 2.45) is 0 Å². The van der Waals surface area contributed by atoms with Crippen LogP contribution in [0.4, 0.5) is 8.78 Å². The Bertz CT molecular complexity index is 111. The first-order chi connectivity index (χ1) is 4.48. The number of aliphatic hydroxyl groups excluding tert-OH is 1. The van der Waals surface area contributed by atoms with Crippen molar-refractivity contribution in [3.63, 3.8) is 0 Å². The molecule has 0 radical (unpaired) electrons. The van der Waals surface area contributed by atoms with Crippen molar-refractivity contribution in [3.05, 3.63) is 12.7 Å². The second kappa shape index (κ2) is 3.88. The Morgan fingerprint density at radius 2 is 2.20 bits per heavy atom. The molecule has 1 N–H and O–H groups in total. The minimum Gasteiger partial charge on any atom is -0.385 e. The van der Waals surface area contributed by atoms with E-state index in [1.807, 2.05) is 0 Å². The number of hydrogen-bond acceptors (Lipinski definition) is 1. The van der Waals surface area contributed by atoms with Crippen LogP contribution in [0.5, 0.6) is 0 Å². The van der Waals surface area contributed by atoms with Crippen molar-refractivity contribution in [2.75, 3.05) is 0 Å². The van der Waals surface area contributed by atoms with Gasteiger partial charge in [-0.05, 0) is 24.4 Å². The number of allylic oxidation sites excluding steroid dienone is 1. The van der Waals surface area contributed by atoms with Gasteiger partial charge < -0.3 is 5.11 Å².